The van der Waals surface area contributed by atoms with Crippen molar-refractivity contribution in [1.82, 2.24) is 4.98 Å². The Morgan fingerprint density at radius 1 is 1.33 bits per heavy atom. The van der Waals surface area contributed by atoms with Gasteiger partial charge in [-0.05, 0) is 12.1 Å². The van der Waals surface area contributed by atoms with E-state index in [1.54, 1.807) is 0 Å². The third-order valence-corrected chi connectivity index (χ3v) is 1.56. The van der Waals surface area contributed by atoms with Crippen LogP contribution in [0.1, 0.15) is 17.7 Å². The van der Waals surface area contributed by atoms with Gasteiger partial charge in [0.2, 0.25) is 0 Å². The molecule has 1 heterocycles. The van der Waals surface area contributed by atoms with Gasteiger partial charge in [0.15, 0.2) is 0 Å². The zero-order chi connectivity index (χ0) is 11.3. The molecule has 5 heteroatoms. The predicted molar refractivity (Wildman–Crippen MR) is 49.8 cm³/mol. The molecule has 0 saturated heterocycles. The van der Waals surface area contributed by atoms with Gasteiger partial charge < -0.3 is 5.73 Å². The number of halogens is 3. The topological polar surface area (TPSA) is 38.9 Å². The molecule has 0 spiro atoms. The number of aromatic nitrogens is 1. The molecule has 1 aromatic rings. The van der Waals surface area contributed by atoms with Gasteiger partial charge in [0, 0.05) is 24.7 Å². The lowest BCUT2D eigenvalue weighted by Crippen LogP contribution is -2.07. The fraction of sp³-hybridized carbons (Fsp3) is 0.300. The summed E-state index contributed by atoms with van der Waals surface area (Å²) in [6.45, 7) is 0.432. The van der Waals surface area contributed by atoms with Crippen molar-refractivity contribution in [2.75, 3.05) is 6.54 Å². The monoisotopic (exact) mass is 214 g/mol. The number of pyridine rings is 1. The first-order valence-corrected chi connectivity index (χ1v) is 4.26. The molecule has 1 aromatic heterocycles. The zero-order valence-electron chi connectivity index (χ0n) is 7.80. The lowest BCUT2D eigenvalue weighted by molar-refractivity contribution is -0.141. The SMILES string of the molecule is NCCC#Cc1ccc(C(F)(F)F)nc1. The first kappa shape index (κ1) is 11.5. The van der Waals surface area contributed by atoms with Gasteiger partial charge in [-0.1, -0.05) is 11.8 Å². The summed E-state index contributed by atoms with van der Waals surface area (Å²) in [6.07, 6.45) is -2.78. The molecular formula is C10H9F3N2. The molecule has 15 heavy (non-hydrogen) atoms. The van der Waals surface area contributed by atoms with Crippen LogP contribution in [0.4, 0.5) is 13.2 Å². The van der Waals surface area contributed by atoms with E-state index in [1.165, 1.54) is 6.07 Å². The Labute approximate surface area is 85.3 Å². The van der Waals surface area contributed by atoms with Crippen LogP contribution in [0.2, 0.25) is 0 Å². The highest BCUT2D eigenvalue weighted by molar-refractivity contribution is 5.32. The minimum Gasteiger partial charge on any atom is -0.330 e. The molecule has 0 fully saturated rings. The summed E-state index contributed by atoms with van der Waals surface area (Å²) in [5.74, 6) is 5.38. The van der Waals surface area contributed by atoms with Crippen molar-refractivity contribution in [3.05, 3.63) is 29.6 Å². The first-order valence-electron chi connectivity index (χ1n) is 4.26. The van der Waals surface area contributed by atoms with Crippen LogP contribution in [0.15, 0.2) is 18.3 Å². The van der Waals surface area contributed by atoms with Crippen LogP contribution in [-0.4, -0.2) is 11.5 Å². The second kappa shape index (κ2) is 4.80. The quantitative estimate of drug-likeness (QED) is 0.724. The fourth-order valence-electron chi connectivity index (χ4n) is 0.872. The molecular weight excluding hydrogens is 205 g/mol. The maximum Gasteiger partial charge on any atom is 0.433 e. The lowest BCUT2D eigenvalue weighted by atomic mass is 10.2. The Balaban J connectivity index is 2.79. The van der Waals surface area contributed by atoms with Crippen LogP contribution in [0.3, 0.4) is 0 Å². The molecule has 0 aliphatic carbocycles. The molecule has 80 valence electrons. The van der Waals surface area contributed by atoms with Crippen molar-refractivity contribution in [1.29, 1.82) is 0 Å². The van der Waals surface area contributed by atoms with Gasteiger partial charge in [0.05, 0.1) is 0 Å². The van der Waals surface area contributed by atoms with Crippen molar-refractivity contribution in [2.45, 2.75) is 12.6 Å². The van der Waals surface area contributed by atoms with Crippen molar-refractivity contribution in [3.63, 3.8) is 0 Å². The van der Waals surface area contributed by atoms with E-state index in [9.17, 15) is 13.2 Å². The Morgan fingerprint density at radius 3 is 2.53 bits per heavy atom. The average molecular weight is 214 g/mol. The number of hydrogen-bond acceptors (Lipinski definition) is 2. The normalized spacial score (nSPS) is 10.7. The van der Waals surface area contributed by atoms with Gasteiger partial charge in [-0.25, -0.2) is 0 Å². The second-order valence-electron chi connectivity index (χ2n) is 2.77. The number of hydrogen-bond donors (Lipinski definition) is 1. The molecule has 0 radical (unpaired) electrons. The molecule has 0 unspecified atom stereocenters. The summed E-state index contributed by atoms with van der Waals surface area (Å²) in [4.78, 5) is 3.27. The largest absolute Gasteiger partial charge is 0.433 e. The van der Waals surface area contributed by atoms with Gasteiger partial charge in [0.1, 0.15) is 5.69 Å². The molecule has 0 saturated carbocycles. The van der Waals surface area contributed by atoms with E-state index in [4.69, 9.17) is 5.73 Å². The van der Waals surface area contributed by atoms with Crippen molar-refractivity contribution < 1.29 is 13.2 Å². The molecule has 1 rings (SSSR count). The van der Waals surface area contributed by atoms with Crippen molar-refractivity contribution >= 4 is 0 Å². The highest BCUT2D eigenvalue weighted by Crippen LogP contribution is 2.26. The minimum atomic E-state index is -4.40. The molecule has 2 nitrogen and oxygen atoms in total. The summed E-state index contributed by atoms with van der Waals surface area (Å²) in [5.41, 5.74) is 4.75. The number of alkyl halides is 3. The maximum absolute atomic E-state index is 12.1. The summed E-state index contributed by atoms with van der Waals surface area (Å²) >= 11 is 0. The van der Waals surface area contributed by atoms with E-state index < -0.39 is 11.9 Å². The van der Waals surface area contributed by atoms with E-state index in [0.717, 1.165) is 12.3 Å². The van der Waals surface area contributed by atoms with Crippen LogP contribution >= 0.6 is 0 Å². The van der Waals surface area contributed by atoms with Gasteiger partial charge >= 0.3 is 6.18 Å². The second-order valence-corrected chi connectivity index (χ2v) is 2.77. The lowest BCUT2D eigenvalue weighted by Gasteiger charge is -2.03. The summed E-state index contributed by atoms with van der Waals surface area (Å²) in [7, 11) is 0. The minimum absolute atomic E-state index is 0.432. The van der Waals surface area contributed by atoms with Crippen LogP contribution in [-0.2, 0) is 6.18 Å². The van der Waals surface area contributed by atoms with Crippen molar-refractivity contribution in [2.24, 2.45) is 5.73 Å². The van der Waals surface area contributed by atoms with Gasteiger partial charge in [-0.3, -0.25) is 4.98 Å². The van der Waals surface area contributed by atoms with Gasteiger partial charge in [-0.15, -0.1) is 0 Å². The van der Waals surface area contributed by atoms with Crippen LogP contribution in [0.25, 0.3) is 0 Å². The predicted octanol–water partition coefficient (Wildman–Crippen LogP) is 1.80. The number of nitrogens with zero attached hydrogens (tertiary/aromatic N) is 1. The molecule has 0 atom stereocenters. The van der Waals surface area contributed by atoms with E-state index >= 15 is 0 Å². The maximum atomic E-state index is 12.1. The highest BCUT2D eigenvalue weighted by atomic mass is 19.4. The molecule has 0 bridgehead atoms. The van der Waals surface area contributed by atoms with E-state index in [-0.39, 0.29) is 0 Å². The fourth-order valence-corrected chi connectivity index (χ4v) is 0.872. The Kier molecular flexibility index (Phi) is 3.69. The summed E-state index contributed by atoms with van der Waals surface area (Å²) in [5, 5.41) is 0. The summed E-state index contributed by atoms with van der Waals surface area (Å²) < 4.78 is 36.3. The zero-order valence-corrected chi connectivity index (χ0v) is 7.80. The molecule has 0 aromatic carbocycles. The van der Waals surface area contributed by atoms with Gasteiger partial charge in [0.25, 0.3) is 0 Å². The molecule has 0 amide bonds. The van der Waals surface area contributed by atoms with E-state index in [2.05, 4.69) is 16.8 Å². The summed E-state index contributed by atoms with van der Waals surface area (Å²) in [6, 6.07) is 2.20. The number of nitrogens with two attached hydrogens (primary N) is 1. The van der Waals surface area contributed by atoms with Crippen molar-refractivity contribution in [3.8, 4) is 11.8 Å². The Morgan fingerprint density at radius 2 is 2.07 bits per heavy atom. The third-order valence-electron chi connectivity index (χ3n) is 1.56. The third kappa shape index (κ3) is 3.60. The van der Waals surface area contributed by atoms with E-state index in [1.807, 2.05) is 0 Å². The van der Waals surface area contributed by atoms with Gasteiger partial charge in [-0.2, -0.15) is 13.2 Å². The van der Waals surface area contributed by atoms with Crippen LogP contribution in [0, 0.1) is 11.8 Å². The smallest absolute Gasteiger partial charge is 0.330 e. The standard InChI is InChI=1S/C10H9F3N2/c11-10(12,13)9-5-4-8(7-15-9)3-1-2-6-14/h4-5,7H,2,6,14H2. The highest BCUT2D eigenvalue weighted by Gasteiger charge is 2.31. The molecule has 0 aliphatic rings. The Bertz CT molecular complexity index is 370. The first-order chi connectivity index (χ1) is 7.04. The van der Waals surface area contributed by atoms with E-state index in [0.29, 0.717) is 18.5 Å². The molecule has 0 aliphatic heterocycles. The average Bonchev–Trinajstić information content (AvgIpc) is 2.18. The van der Waals surface area contributed by atoms with Crippen LogP contribution in [0.5, 0.6) is 0 Å². The Hall–Kier alpha value is -1.54. The number of rotatable bonds is 1. The van der Waals surface area contributed by atoms with Crippen LogP contribution < -0.4 is 5.73 Å². The molecule has 2 N–H and O–H groups in total.